The summed E-state index contributed by atoms with van der Waals surface area (Å²) in [5.74, 6) is 2.80. The molecule has 1 fully saturated rings. The van der Waals surface area contributed by atoms with Gasteiger partial charge in [0.15, 0.2) is 11.5 Å². The van der Waals surface area contributed by atoms with Crippen molar-refractivity contribution in [2.45, 2.75) is 13.3 Å². The van der Waals surface area contributed by atoms with Crippen molar-refractivity contribution in [2.75, 3.05) is 20.3 Å². The molecule has 0 atom stereocenters. The van der Waals surface area contributed by atoms with Crippen molar-refractivity contribution in [3.63, 3.8) is 0 Å². The summed E-state index contributed by atoms with van der Waals surface area (Å²) >= 11 is 7.12. The minimum Gasteiger partial charge on any atom is -0.493 e. The van der Waals surface area contributed by atoms with Crippen molar-refractivity contribution in [1.29, 1.82) is 0 Å². The Morgan fingerprint density at radius 1 is 1.42 bits per heavy atom. The number of rotatable bonds is 6. The average molecular weight is 366 g/mol. The number of methoxy groups -OCH3 is 1. The molecule has 0 aromatic heterocycles. The third-order valence-electron chi connectivity index (χ3n) is 3.17. The summed E-state index contributed by atoms with van der Waals surface area (Å²) in [5.41, 5.74) is 0.631. The molecule has 7 heteroatoms. The number of imide groups is 1. The van der Waals surface area contributed by atoms with Crippen LogP contribution in [0, 0.1) is 12.3 Å². The van der Waals surface area contributed by atoms with Crippen LogP contribution in [-0.2, 0) is 4.79 Å². The van der Waals surface area contributed by atoms with Crippen molar-refractivity contribution in [2.24, 2.45) is 0 Å². The van der Waals surface area contributed by atoms with Gasteiger partial charge in [0.1, 0.15) is 6.61 Å². The molecule has 1 aliphatic rings. The minimum absolute atomic E-state index is 0.0608. The van der Waals surface area contributed by atoms with E-state index in [0.717, 1.165) is 11.8 Å². The molecule has 2 amide bonds. The predicted molar refractivity (Wildman–Crippen MR) is 95.3 cm³/mol. The zero-order chi connectivity index (χ0) is 17.7. The second-order valence-electron chi connectivity index (χ2n) is 4.86. The van der Waals surface area contributed by atoms with Gasteiger partial charge in [-0.2, -0.15) is 0 Å². The number of ether oxygens (including phenoxy) is 2. The largest absolute Gasteiger partial charge is 0.493 e. The molecule has 1 heterocycles. The van der Waals surface area contributed by atoms with E-state index in [1.54, 1.807) is 18.2 Å². The van der Waals surface area contributed by atoms with E-state index in [-0.39, 0.29) is 17.8 Å². The molecular formula is C17H16ClNO4S. The fourth-order valence-electron chi connectivity index (χ4n) is 2.14. The van der Waals surface area contributed by atoms with E-state index in [9.17, 15) is 9.59 Å². The quantitative estimate of drug-likeness (QED) is 0.566. The average Bonchev–Trinajstić information content (AvgIpc) is 2.81. The lowest BCUT2D eigenvalue weighted by Gasteiger charge is -2.12. The number of nitrogens with zero attached hydrogens (tertiary/aromatic N) is 1. The first-order valence-electron chi connectivity index (χ1n) is 7.21. The third-order valence-corrected chi connectivity index (χ3v) is 4.36. The molecule has 126 valence electrons. The van der Waals surface area contributed by atoms with E-state index in [2.05, 4.69) is 5.92 Å². The number of hydrogen-bond acceptors (Lipinski definition) is 5. The lowest BCUT2D eigenvalue weighted by atomic mass is 10.1. The van der Waals surface area contributed by atoms with Crippen molar-refractivity contribution in [3.05, 3.63) is 27.6 Å². The Hall–Kier alpha value is -2.10. The van der Waals surface area contributed by atoms with E-state index in [1.165, 1.54) is 12.0 Å². The van der Waals surface area contributed by atoms with Gasteiger partial charge in [0, 0.05) is 6.54 Å². The number of amides is 2. The Bertz CT molecular complexity index is 739. The van der Waals surface area contributed by atoms with Crippen LogP contribution in [0.1, 0.15) is 18.9 Å². The van der Waals surface area contributed by atoms with Crippen molar-refractivity contribution in [3.8, 4) is 23.8 Å². The molecule has 0 aliphatic carbocycles. The normalized spacial score (nSPS) is 15.8. The van der Waals surface area contributed by atoms with E-state index < -0.39 is 0 Å². The summed E-state index contributed by atoms with van der Waals surface area (Å²) in [7, 11) is 1.48. The molecular weight excluding hydrogens is 350 g/mol. The number of halogens is 1. The number of hydrogen-bond donors (Lipinski definition) is 0. The lowest BCUT2D eigenvalue weighted by Crippen LogP contribution is -2.28. The molecule has 0 N–H and O–H groups in total. The number of thioether (sulfide) groups is 1. The van der Waals surface area contributed by atoms with Crippen molar-refractivity contribution < 1.29 is 19.1 Å². The first-order valence-corrected chi connectivity index (χ1v) is 8.40. The van der Waals surface area contributed by atoms with Crippen molar-refractivity contribution in [1.82, 2.24) is 4.90 Å². The van der Waals surface area contributed by atoms with Gasteiger partial charge < -0.3 is 9.47 Å². The van der Waals surface area contributed by atoms with Gasteiger partial charge >= 0.3 is 0 Å². The Morgan fingerprint density at radius 2 is 2.17 bits per heavy atom. The predicted octanol–water partition coefficient (Wildman–Crippen LogP) is 3.81. The van der Waals surface area contributed by atoms with Gasteiger partial charge in [0.05, 0.1) is 17.0 Å². The Morgan fingerprint density at radius 3 is 2.79 bits per heavy atom. The zero-order valence-corrected chi connectivity index (χ0v) is 14.9. The highest BCUT2D eigenvalue weighted by molar-refractivity contribution is 8.18. The Balaban J connectivity index is 2.33. The molecule has 1 saturated heterocycles. The standard InChI is InChI=1S/C17H16ClNO4S/c1-4-6-19-16(20)14(24-17(19)21)10-11-8-12(18)15(23-7-5-2)13(9-11)22-3/h2,8-10H,4,6-7H2,1,3H3. The van der Waals surface area contributed by atoms with Gasteiger partial charge in [-0.25, -0.2) is 0 Å². The lowest BCUT2D eigenvalue weighted by molar-refractivity contribution is -0.122. The van der Waals surface area contributed by atoms with Crippen LogP contribution in [0.25, 0.3) is 6.08 Å². The number of benzene rings is 1. The minimum atomic E-state index is -0.297. The highest BCUT2D eigenvalue weighted by atomic mass is 35.5. The summed E-state index contributed by atoms with van der Waals surface area (Å²) in [5, 5.41) is 0.0452. The van der Waals surface area contributed by atoms with Crippen molar-refractivity contribution >= 4 is 40.6 Å². The molecule has 0 spiro atoms. The van der Waals surface area contributed by atoms with Crippen LogP contribution in [0.5, 0.6) is 11.5 Å². The first-order chi connectivity index (χ1) is 11.5. The molecule has 5 nitrogen and oxygen atoms in total. The molecule has 24 heavy (non-hydrogen) atoms. The first kappa shape index (κ1) is 18.2. The van der Waals surface area contributed by atoms with Crippen LogP contribution in [0.15, 0.2) is 17.0 Å². The number of terminal acetylenes is 1. The van der Waals surface area contributed by atoms with E-state index in [1.807, 2.05) is 6.92 Å². The monoisotopic (exact) mass is 365 g/mol. The topological polar surface area (TPSA) is 55.8 Å². The van der Waals surface area contributed by atoms with E-state index >= 15 is 0 Å². The molecule has 0 saturated carbocycles. The maximum absolute atomic E-state index is 12.3. The smallest absolute Gasteiger partial charge is 0.293 e. The maximum Gasteiger partial charge on any atom is 0.293 e. The summed E-state index contributed by atoms with van der Waals surface area (Å²) in [6.45, 7) is 2.38. The van der Waals surface area contributed by atoms with Gasteiger partial charge in [-0.1, -0.05) is 24.4 Å². The van der Waals surface area contributed by atoms with Crippen LogP contribution in [0.3, 0.4) is 0 Å². The van der Waals surface area contributed by atoms with Gasteiger partial charge in [0.2, 0.25) is 0 Å². The maximum atomic E-state index is 12.3. The van der Waals surface area contributed by atoms with Crippen LogP contribution in [0.4, 0.5) is 4.79 Å². The molecule has 0 bridgehead atoms. The summed E-state index contributed by atoms with van der Waals surface area (Å²) in [4.78, 5) is 25.7. The fraction of sp³-hybridized carbons (Fsp3) is 0.294. The molecule has 0 radical (unpaired) electrons. The highest BCUT2D eigenvalue weighted by Gasteiger charge is 2.34. The van der Waals surface area contributed by atoms with Gasteiger partial charge in [-0.15, -0.1) is 6.42 Å². The molecule has 1 aromatic rings. The highest BCUT2D eigenvalue weighted by Crippen LogP contribution is 2.38. The molecule has 0 unspecified atom stereocenters. The van der Waals surface area contributed by atoms with Crippen LogP contribution < -0.4 is 9.47 Å². The second kappa shape index (κ2) is 8.13. The molecule has 2 rings (SSSR count). The van der Waals surface area contributed by atoms with Crippen LogP contribution >= 0.6 is 23.4 Å². The fourth-order valence-corrected chi connectivity index (χ4v) is 3.28. The summed E-state index contributed by atoms with van der Waals surface area (Å²) in [6.07, 6.45) is 7.50. The number of carbonyl (C=O) groups excluding carboxylic acids is 2. The Labute approximate surface area is 149 Å². The second-order valence-corrected chi connectivity index (χ2v) is 6.26. The summed E-state index contributed by atoms with van der Waals surface area (Å²) in [6, 6.07) is 3.30. The van der Waals surface area contributed by atoms with E-state index in [4.69, 9.17) is 27.5 Å². The Kier molecular flexibility index (Phi) is 6.18. The molecule has 1 aliphatic heterocycles. The van der Waals surface area contributed by atoms with Gasteiger partial charge in [-0.05, 0) is 42.0 Å². The zero-order valence-electron chi connectivity index (χ0n) is 13.3. The third kappa shape index (κ3) is 3.86. The van der Waals surface area contributed by atoms with E-state index in [0.29, 0.717) is 40.0 Å². The summed E-state index contributed by atoms with van der Waals surface area (Å²) < 4.78 is 10.6. The van der Waals surface area contributed by atoms with Crippen LogP contribution in [0.2, 0.25) is 5.02 Å². The van der Waals surface area contributed by atoms with Gasteiger partial charge in [0.25, 0.3) is 11.1 Å². The van der Waals surface area contributed by atoms with Crippen LogP contribution in [-0.4, -0.2) is 36.3 Å². The number of carbonyl (C=O) groups is 2. The van der Waals surface area contributed by atoms with Gasteiger partial charge in [-0.3, -0.25) is 14.5 Å². The SMILES string of the molecule is C#CCOc1c(Cl)cc(C=C2SC(=O)N(CCC)C2=O)cc1OC. The molecule has 1 aromatic carbocycles.